The summed E-state index contributed by atoms with van der Waals surface area (Å²) in [6.07, 6.45) is 1.56. The van der Waals surface area contributed by atoms with Crippen molar-refractivity contribution < 1.29 is 19.1 Å². The maximum Gasteiger partial charge on any atom is 0.326 e. The molecule has 134 valence electrons. The molecule has 0 bridgehead atoms. The van der Waals surface area contributed by atoms with Gasteiger partial charge < -0.3 is 14.8 Å². The van der Waals surface area contributed by atoms with Gasteiger partial charge in [-0.1, -0.05) is 44.0 Å². The Labute approximate surface area is 166 Å². The summed E-state index contributed by atoms with van der Waals surface area (Å²) in [5.74, 6) is 0.600. The molecule has 0 aromatic heterocycles. The minimum Gasteiger partial charge on any atom is -0.493 e. The Morgan fingerprint density at radius 1 is 1.04 bits per heavy atom. The molecule has 1 aliphatic heterocycles. The fourth-order valence-electron chi connectivity index (χ4n) is 2.31. The third kappa shape index (κ3) is 4.25. The van der Waals surface area contributed by atoms with Crippen molar-refractivity contribution in [2.24, 2.45) is 0 Å². The summed E-state index contributed by atoms with van der Waals surface area (Å²) in [4.78, 5) is 22.9. The number of imide groups is 1. The zero-order valence-corrected chi connectivity index (χ0v) is 16.8. The second kappa shape index (κ2) is 7.92. The largest absolute Gasteiger partial charge is 0.493 e. The highest BCUT2D eigenvalue weighted by atomic mass is 79.9. The normalized spacial score (nSPS) is 15.0. The van der Waals surface area contributed by atoms with E-state index >= 15 is 0 Å². The lowest BCUT2D eigenvalue weighted by Crippen LogP contribution is -2.22. The second-order valence-electron chi connectivity index (χ2n) is 5.41. The number of methoxy groups -OCH3 is 1. The predicted molar refractivity (Wildman–Crippen MR) is 104 cm³/mol. The van der Waals surface area contributed by atoms with Gasteiger partial charge in [0.05, 0.1) is 7.11 Å². The Morgan fingerprint density at radius 2 is 1.77 bits per heavy atom. The van der Waals surface area contributed by atoms with Gasteiger partial charge in [0.2, 0.25) is 0 Å². The molecule has 0 radical (unpaired) electrons. The van der Waals surface area contributed by atoms with Crippen molar-refractivity contribution >= 4 is 49.9 Å². The summed E-state index contributed by atoms with van der Waals surface area (Å²) in [6, 6.07) is 10.8. The van der Waals surface area contributed by atoms with Crippen molar-refractivity contribution in [3.8, 4) is 11.5 Å². The molecule has 3 amide bonds. The van der Waals surface area contributed by atoms with E-state index in [0.29, 0.717) is 28.1 Å². The molecule has 1 aliphatic rings. The van der Waals surface area contributed by atoms with Crippen molar-refractivity contribution in [2.45, 2.75) is 6.61 Å². The van der Waals surface area contributed by atoms with E-state index in [4.69, 9.17) is 9.47 Å². The number of ether oxygens (including phenoxy) is 2. The first-order valence-electron chi connectivity index (χ1n) is 7.55. The second-order valence-corrected chi connectivity index (χ2v) is 7.18. The van der Waals surface area contributed by atoms with Crippen LogP contribution in [-0.2, 0) is 11.4 Å². The average Bonchev–Trinajstić information content (AvgIpc) is 2.93. The lowest BCUT2D eigenvalue weighted by molar-refractivity contribution is -0.115. The summed E-state index contributed by atoms with van der Waals surface area (Å²) in [6.45, 7) is 0.384. The van der Waals surface area contributed by atoms with Gasteiger partial charge in [-0.15, -0.1) is 0 Å². The Bertz CT molecular complexity index is 895. The number of amides is 3. The molecule has 0 spiro atoms. The molecule has 1 heterocycles. The summed E-state index contributed by atoms with van der Waals surface area (Å²) in [5.41, 5.74) is 1.86. The third-order valence-corrected chi connectivity index (χ3v) is 4.83. The van der Waals surface area contributed by atoms with Gasteiger partial charge in [0.1, 0.15) is 12.3 Å². The van der Waals surface area contributed by atoms with Gasteiger partial charge in [-0.3, -0.25) is 10.1 Å². The SMILES string of the molecule is COc1cc(/C=C2/NC(=O)NC2=O)c(Br)cc1OCc1ccc(Br)cc1. The molecule has 1 saturated heterocycles. The van der Waals surface area contributed by atoms with E-state index in [9.17, 15) is 9.59 Å². The van der Waals surface area contributed by atoms with Crippen LogP contribution in [0.1, 0.15) is 11.1 Å². The monoisotopic (exact) mass is 480 g/mol. The molecule has 0 atom stereocenters. The first-order chi connectivity index (χ1) is 12.5. The van der Waals surface area contributed by atoms with Crippen molar-refractivity contribution in [2.75, 3.05) is 7.11 Å². The molecule has 2 N–H and O–H groups in total. The number of carbonyl (C=O) groups excluding carboxylic acids is 2. The molecular formula is C18H14Br2N2O4. The topological polar surface area (TPSA) is 76.7 Å². The van der Waals surface area contributed by atoms with E-state index in [1.165, 1.54) is 7.11 Å². The van der Waals surface area contributed by atoms with Gasteiger partial charge in [0.25, 0.3) is 5.91 Å². The number of rotatable bonds is 5. The minimum atomic E-state index is -0.543. The highest BCUT2D eigenvalue weighted by molar-refractivity contribution is 9.10. The number of halogens is 2. The van der Waals surface area contributed by atoms with Crippen LogP contribution in [0.15, 0.2) is 51.0 Å². The molecule has 0 unspecified atom stereocenters. The molecular weight excluding hydrogens is 468 g/mol. The standard InChI is InChI=1S/C18H14Br2N2O4/c1-25-15-7-11(6-14-17(23)22-18(24)21-14)13(20)8-16(15)26-9-10-2-4-12(19)5-3-10/h2-8H,9H2,1H3,(H2,21,22,23,24)/b14-6+. The van der Waals surface area contributed by atoms with Crippen molar-refractivity contribution in [1.29, 1.82) is 0 Å². The van der Waals surface area contributed by atoms with Crippen LogP contribution >= 0.6 is 31.9 Å². The van der Waals surface area contributed by atoms with E-state index in [-0.39, 0.29) is 5.70 Å². The lowest BCUT2D eigenvalue weighted by Gasteiger charge is -2.13. The summed E-state index contributed by atoms with van der Waals surface area (Å²) in [5, 5.41) is 4.60. The van der Waals surface area contributed by atoms with Crippen LogP contribution in [0.25, 0.3) is 6.08 Å². The minimum absolute atomic E-state index is 0.168. The molecule has 0 aliphatic carbocycles. The van der Waals surface area contributed by atoms with Gasteiger partial charge >= 0.3 is 6.03 Å². The summed E-state index contributed by atoms with van der Waals surface area (Å²) in [7, 11) is 1.54. The summed E-state index contributed by atoms with van der Waals surface area (Å²) >= 11 is 6.86. The van der Waals surface area contributed by atoms with Gasteiger partial charge in [-0.25, -0.2) is 4.79 Å². The zero-order chi connectivity index (χ0) is 18.7. The van der Waals surface area contributed by atoms with E-state index in [2.05, 4.69) is 42.5 Å². The highest BCUT2D eigenvalue weighted by Crippen LogP contribution is 2.35. The van der Waals surface area contributed by atoms with Crippen LogP contribution in [0.5, 0.6) is 11.5 Å². The van der Waals surface area contributed by atoms with Crippen LogP contribution in [0.2, 0.25) is 0 Å². The molecule has 2 aromatic rings. The summed E-state index contributed by atoms with van der Waals surface area (Å²) < 4.78 is 12.9. The highest BCUT2D eigenvalue weighted by Gasteiger charge is 2.23. The first kappa shape index (κ1) is 18.5. The number of nitrogens with one attached hydrogen (secondary N) is 2. The maximum atomic E-state index is 11.7. The smallest absolute Gasteiger partial charge is 0.326 e. The Balaban J connectivity index is 1.83. The van der Waals surface area contributed by atoms with Crippen LogP contribution in [0.3, 0.4) is 0 Å². The Morgan fingerprint density at radius 3 is 2.38 bits per heavy atom. The van der Waals surface area contributed by atoms with Gasteiger partial charge in [-0.05, 0) is 41.5 Å². The van der Waals surface area contributed by atoms with Crippen molar-refractivity contribution in [3.63, 3.8) is 0 Å². The first-order valence-corrected chi connectivity index (χ1v) is 9.13. The Hall–Kier alpha value is -2.32. The Kier molecular flexibility index (Phi) is 5.63. The van der Waals surface area contributed by atoms with E-state index < -0.39 is 11.9 Å². The third-order valence-electron chi connectivity index (χ3n) is 3.61. The average molecular weight is 482 g/mol. The lowest BCUT2D eigenvalue weighted by atomic mass is 10.1. The zero-order valence-electron chi connectivity index (χ0n) is 13.6. The molecule has 8 heteroatoms. The maximum absolute atomic E-state index is 11.7. The van der Waals surface area contributed by atoms with Crippen LogP contribution in [0.4, 0.5) is 4.79 Å². The van der Waals surface area contributed by atoms with E-state index in [1.54, 1.807) is 18.2 Å². The number of benzene rings is 2. The fraction of sp³-hybridized carbons (Fsp3) is 0.111. The van der Waals surface area contributed by atoms with Gasteiger partial charge in [0, 0.05) is 8.95 Å². The molecule has 6 nitrogen and oxygen atoms in total. The number of hydrogen-bond acceptors (Lipinski definition) is 4. The quantitative estimate of drug-likeness (QED) is 0.500. The molecule has 3 rings (SSSR count). The van der Waals surface area contributed by atoms with Crippen molar-refractivity contribution in [1.82, 2.24) is 10.6 Å². The number of carbonyl (C=O) groups is 2. The van der Waals surface area contributed by atoms with Crippen LogP contribution < -0.4 is 20.1 Å². The molecule has 0 saturated carbocycles. The van der Waals surface area contributed by atoms with Gasteiger partial charge in [-0.2, -0.15) is 0 Å². The van der Waals surface area contributed by atoms with Crippen LogP contribution in [0, 0.1) is 0 Å². The molecule has 26 heavy (non-hydrogen) atoms. The van der Waals surface area contributed by atoms with E-state index in [1.807, 2.05) is 24.3 Å². The molecule has 1 fully saturated rings. The van der Waals surface area contributed by atoms with Crippen LogP contribution in [-0.4, -0.2) is 19.0 Å². The molecule has 2 aromatic carbocycles. The number of hydrogen-bond donors (Lipinski definition) is 2. The van der Waals surface area contributed by atoms with Crippen molar-refractivity contribution in [3.05, 3.63) is 62.2 Å². The number of urea groups is 1. The fourth-order valence-corrected chi connectivity index (χ4v) is 3.01. The predicted octanol–water partition coefficient (Wildman–Crippen LogP) is 3.98. The van der Waals surface area contributed by atoms with Gasteiger partial charge in [0.15, 0.2) is 11.5 Å². The van der Waals surface area contributed by atoms with E-state index in [0.717, 1.165) is 10.0 Å².